The van der Waals surface area contributed by atoms with E-state index in [9.17, 15) is 4.39 Å². The third-order valence-corrected chi connectivity index (χ3v) is 7.29. The van der Waals surface area contributed by atoms with Gasteiger partial charge in [-0.3, -0.25) is 0 Å². The third kappa shape index (κ3) is 5.45. The minimum absolute atomic E-state index is 0.0844. The van der Waals surface area contributed by atoms with Crippen molar-refractivity contribution >= 4 is 0 Å². The number of halogens is 1. The van der Waals surface area contributed by atoms with Crippen molar-refractivity contribution in [3.8, 4) is 11.1 Å². The molecule has 0 bridgehead atoms. The molecule has 0 aliphatic heterocycles. The molecule has 1 saturated carbocycles. The van der Waals surface area contributed by atoms with Crippen LogP contribution < -0.4 is 0 Å². The van der Waals surface area contributed by atoms with Gasteiger partial charge in [0.2, 0.25) is 0 Å². The van der Waals surface area contributed by atoms with Crippen LogP contribution in [0.25, 0.3) is 11.1 Å². The normalized spacial score (nSPS) is 18.8. The quantitative estimate of drug-likeness (QED) is 0.363. The second-order valence-corrected chi connectivity index (χ2v) is 9.23. The Bertz CT molecular complexity index is 960. The van der Waals surface area contributed by atoms with Crippen LogP contribution in [0.5, 0.6) is 0 Å². The van der Waals surface area contributed by atoms with Crippen molar-refractivity contribution < 1.29 is 4.39 Å². The first-order valence-corrected chi connectivity index (χ1v) is 12.1. The van der Waals surface area contributed by atoms with E-state index < -0.39 is 0 Å². The van der Waals surface area contributed by atoms with E-state index in [0.29, 0.717) is 11.5 Å². The van der Waals surface area contributed by atoms with Crippen LogP contribution in [0.1, 0.15) is 74.1 Å². The molecule has 0 aromatic heterocycles. The van der Waals surface area contributed by atoms with Crippen LogP contribution in [0.15, 0.2) is 66.7 Å². The molecule has 0 unspecified atom stereocenters. The van der Waals surface area contributed by atoms with Crippen LogP contribution in [0.3, 0.4) is 0 Å². The minimum Gasteiger partial charge on any atom is -0.206 e. The summed E-state index contributed by atoms with van der Waals surface area (Å²) < 4.78 is 15.0. The molecular formula is C30H35F. The molecule has 0 spiro atoms. The van der Waals surface area contributed by atoms with Crippen LogP contribution in [0.4, 0.5) is 4.39 Å². The molecule has 0 N–H and O–H groups in total. The molecule has 3 aromatic rings. The van der Waals surface area contributed by atoms with Gasteiger partial charge in [0.05, 0.1) is 0 Å². The lowest BCUT2D eigenvalue weighted by molar-refractivity contribution is 0.318. The molecular weight excluding hydrogens is 379 g/mol. The minimum atomic E-state index is -0.0844. The maximum Gasteiger partial charge on any atom is 0.131 e. The Labute approximate surface area is 187 Å². The van der Waals surface area contributed by atoms with Gasteiger partial charge in [-0.2, -0.15) is 0 Å². The summed E-state index contributed by atoms with van der Waals surface area (Å²) in [4.78, 5) is 0. The van der Waals surface area contributed by atoms with Gasteiger partial charge in [-0.1, -0.05) is 80.9 Å². The van der Waals surface area contributed by atoms with Crippen molar-refractivity contribution in [2.45, 2.75) is 71.1 Å². The van der Waals surface area contributed by atoms with Gasteiger partial charge >= 0.3 is 0 Å². The maximum atomic E-state index is 15.0. The number of rotatable bonds is 7. The van der Waals surface area contributed by atoms with Crippen LogP contribution in [0, 0.1) is 11.7 Å². The molecule has 3 aromatic carbocycles. The Hall–Kier alpha value is -2.41. The first-order valence-electron chi connectivity index (χ1n) is 12.1. The second kappa shape index (κ2) is 10.3. The molecule has 0 radical (unpaired) electrons. The summed E-state index contributed by atoms with van der Waals surface area (Å²) in [6, 6.07) is 23.3. The zero-order valence-electron chi connectivity index (χ0n) is 19.0. The smallest absolute Gasteiger partial charge is 0.131 e. The lowest BCUT2D eigenvalue weighted by Gasteiger charge is -2.28. The summed E-state index contributed by atoms with van der Waals surface area (Å²) >= 11 is 0. The molecule has 1 fully saturated rings. The van der Waals surface area contributed by atoms with E-state index in [1.54, 1.807) is 6.07 Å². The summed E-state index contributed by atoms with van der Waals surface area (Å²) in [5, 5.41) is 0. The summed E-state index contributed by atoms with van der Waals surface area (Å²) in [6.07, 6.45) is 9.38. The van der Waals surface area contributed by atoms with Crippen LogP contribution in [-0.2, 0) is 19.3 Å². The molecule has 0 heterocycles. The van der Waals surface area contributed by atoms with E-state index in [1.165, 1.54) is 54.4 Å². The van der Waals surface area contributed by atoms with Crippen LogP contribution in [-0.4, -0.2) is 0 Å². The Morgan fingerprint density at radius 2 is 1.29 bits per heavy atom. The largest absolute Gasteiger partial charge is 0.206 e. The van der Waals surface area contributed by atoms with Crippen LogP contribution >= 0.6 is 0 Å². The number of aryl methyl sites for hydroxylation is 3. The van der Waals surface area contributed by atoms with E-state index in [-0.39, 0.29) is 5.82 Å². The van der Waals surface area contributed by atoms with Gasteiger partial charge in [0.1, 0.15) is 5.82 Å². The summed E-state index contributed by atoms with van der Waals surface area (Å²) in [5.41, 5.74) is 6.92. The van der Waals surface area contributed by atoms with Crippen molar-refractivity contribution in [1.82, 2.24) is 0 Å². The molecule has 1 aliphatic rings. The van der Waals surface area contributed by atoms with E-state index in [2.05, 4.69) is 68.4 Å². The Balaban J connectivity index is 1.39. The van der Waals surface area contributed by atoms with Crippen molar-refractivity contribution in [3.05, 3.63) is 94.8 Å². The van der Waals surface area contributed by atoms with Gasteiger partial charge in [0, 0.05) is 5.56 Å². The van der Waals surface area contributed by atoms with Gasteiger partial charge in [-0.15, -0.1) is 0 Å². The number of hydrogen-bond donors (Lipinski definition) is 0. The lowest BCUT2D eigenvalue weighted by atomic mass is 9.77. The zero-order chi connectivity index (χ0) is 21.6. The zero-order valence-corrected chi connectivity index (χ0v) is 19.0. The molecule has 0 amide bonds. The van der Waals surface area contributed by atoms with E-state index in [0.717, 1.165) is 30.7 Å². The van der Waals surface area contributed by atoms with Gasteiger partial charge in [0.25, 0.3) is 0 Å². The summed E-state index contributed by atoms with van der Waals surface area (Å²) in [7, 11) is 0. The van der Waals surface area contributed by atoms with Gasteiger partial charge in [0.15, 0.2) is 0 Å². The molecule has 4 rings (SSSR count). The van der Waals surface area contributed by atoms with E-state index >= 15 is 0 Å². The van der Waals surface area contributed by atoms with Gasteiger partial charge in [-0.25, -0.2) is 4.39 Å². The second-order valence-electron chi connectivity index (χ2n) is 9.23. The highest BCUT2D eigenvalue weighted by atomic mass is 19.1. The highest BCUT2D eigenvalue weighted by molar-refractivity contribution is 5.65. The lowest BCUT2D eigenvalue weighted by Crippen LogP contribution is -2.12. The fourth-order valence-corrected chi connectivity index (χ4v) is 5.00. The standard InChI is InChI=1S/C30H35F/c1-3-22-5-7-24(8-6-22)9-10-25-13-17-27(18-14-25)29-20-19-28(21-30(29)31)26-15-11-23(4-2)12-16-26/h5-8,13-14,17-21,23,26H,3-4,9-12,15-16H2,1-2H3. The average molecular weight is 415 g/mol. The average Bonchev–Trinajstić information content (AvgIpc) is 2.83. The Morgan fingerprint density at radius 3 is 1.84 bits per heavy atom. The molecule has 162 valence electrons. The van der Waals surface area contributed by atoms with Crippen molar-refractivity contribution in [1.29, 1.82) is 0 Å². The van der Waals surface area contributed by atoms with E-state index in [4.69, 9.17) is 0 Å². The summed E-state index contributed by atoms with van der Waals surface area (Å²) in [5.74, 6) is 1.31. The third-order valence-electron chi connectivity index (χ3n) is 7.29. The fourth-order valence-electron chi connectivity index (χ4n) is 5.00. The molecule has 0 saturated heterocycles. The van der Waals surface area contributed by atoms with Crippen LogP contribution in [0.2, 0.25) is 0 Å². The van der Waals surface area contributed by atoms with Crippen molar-refractivity contribution in [2.75, 3.05) is 0 Å². The number of benzene rings is 3. The molecule has 31 heavy (non-hydrogen) atoms. The topological polar surface area (TPSA) is 0 Å². The Kier molecular flexibility index (Phi) is 7.22. The summed E-state index contributed by atoms with van der Waals surface area (Å²) in [6.45, 7) is 4.47. The number of hydrogen-bond acceptors (Lipinski definition) is 0. The van der Waals surface area contributed by atoms with Crippen molar-refractivity contribution in [3.63, 3.8) is 0 Å². The molecule has 0 nitrogen and oxygen atoms in total. The van der Waals surface area contributed by atoms with Gasteiger partial charge < -0.3 is 0 Å². The van der Waals surface area contributed by atoms with Crippen molar-refractivity contribution in [2.24, 2.45) is 5.92 Å². The monoisotopic (exact) mass is 414 g/mol. The van der Waals surface area contributed by atoms with Gasteiger partial charge in [-0.05, 0) is 90.7 Å². The molecule has 0 atom stereocenters. The molecule has 1 heteroatoms. The SMILES string of the molecule is CCc1ccc(CCc2ccc(-c3ccc(C4CCC(CC)CC4)cc3F)cc2)cc1. The first-order chi connectivity index (χ1) is 15.2. The maximum absolute atomic E-state index is 15.0. The highest BCUT2D eigenvalue weighted by Gasteiger charge is 2.22. The molecule has 1 aliphatic carbocycles. The predicted octanol–water partition coefficient (Wildman–Crippen LogP) is 8.52. The predicted molar refractivity (Wildman–Crippen MR) is 130 cm³/mol. The first kappa shape index (κ1) is 21.8. The highest BCUT2D eigenvalue weighted by Crippen LogP contribution is 2.38. The fraction of sp³-hybridized carbons (Fsp3) is 0.400. The Morgan fingerprint density at radius 1 is 0.710 bits per heavy atom. The van der Waals surface area contributed by atoms with E-state index in [1.807, 2.05) is 6.07 Å².